The van der Waals surface area contributed by atoms with Gasteiger partial charge >= 0.3 is 0 Å². The van der Waals surface area contributed by atoms with Crippen LogP contribution in [0.3, 0.4) is 0 Å². The predicted octanol–water partition coefficient (Wildman–Crippen LogP) is 7.18. The average Bonchev–Trinajstić information content (AvgIpc) is 2.50. The quantitative estimate of drug-likeness (QED) is 0.389. The van der Waals surface area contributed by atoms with Crippen LogP contribution in [-0.4, -0.2) is 5.78 Å². The van der Waals surface area contributed by atoms with Gasteiger partial charge in [0.2, 0.25) is 0 Å². The molecule has 1 heteroatoms. The fraction of sp³-hybridized carbons (Fsp3) is 0.955. The minimum absolute atomic E-state index is 0.460. The van der Waals surface area contributed by atoms with Crippen LogP contribution in [0.1, 0.15) is 112 Å². The van der Waals surface area contributed by atoms with E-state index < -0.39 is 0 Å². The molecule has 23 heavy (non-hydrogen) atoms. The highest BCUT2D eigenvalue weighted by Crippen LogP contribution is 2.42. The zero-order valence-electron chi connectivity index (χ0n) is 16.6. The molecule has 0 aromatic heterocycles. The molecule has 1 atom stereocenters. The summed E-state index contributed by atoms with van der Waals surface area (Å²) in [6.07, 6.45) is 14.7. The maximum atomic E-state index is 12.2. The monoisotopic (exact) mass is 322 g/mol. The molecule has 0 heterocycles. The molecule has 1 saturated carbocycles. The van der Waals surface area contributed by atoms with Crippen LogP contribution in [0.15, 0.2) is 0 Å². The topological polar surface area (TPSA) is 17.1 Å². The third kappa shape index (κ3) is 8.36. The van der Waals surface area contributed by atoms with E-state index in [4.69, 9.17) is 0 Å². The lowest BCUT2D eigenvalue weighted by molar-refractivity contribution is -0.120. The Balaban J connectivity index is 2.16. The first kappa shape index (κ1) is 20.7. The third-order valence-electron chi connectivity index (χ3n) is 6.16. The van der Waals surface area contributed by atoms with Gasteiger partial charge in [-0.1, -0.05) is 66.7 Å². The van der Waals surface area contributed by atoms with Crippen LogP contribution in [0.5, 0.6) is 0 Å². The van der Waals surface area contributed by atoms with E-state index in [9.17, 15) is 4.79 Å². The van der Waals surface area contributed by atoms with E-state index in [1.54, 1.807) is 0 Å². The SMILES string of the molecule is CCCCCCCCC(=O)CC(C)C1CCC(C(C)(C)C)CC1. The Morgan fingerprint density at radius 3 is 2.09 bits per heavy atom. The Hall–Kier alpha value is -0.330. The smallest absolute Gasteiger partial charge is 0.133 e. The number of hydrogen-bond acceptors (Lipinski definition) is 1. The second kappa shape index (κ2) is 10.5. The Labute approximate surface area is 146 Å². The van der Waals surface area contributed by atoms with Crippen LogP contribution in [0.25, 0.3) is 0 Å². The van der Waals surface area contributed by atoms with Crippen molar-refractivity contribution in [3.8, 4) is 0 Å². The van der Waals surface area contributed by atoms with Gasteiger partial charge in [0.15, 0.2) is 0 Å². The van der Waals surface area contributed by atoms with Gasteiger partial charge in [-0.25, -0.2) is 0 Å². The van der Waals surface area contributed by atoms with Gasteiger partial charge < -0.3 is 0 Å². The van der Waals surface area contributed by atoms with E-state index in [2.05, 4.69) is 34.6 Å². The van der Waals surface area contributed by atoms with Crippen LogP contribution < -0.4 is 0 Å². The van der Waals surface area contributed by atoms with Crippen molar-refractivity contribution >= 4 is 5.78 Å². The average molecular weight is 323 g/mol. The van der Waals surface area contributed by atoms with Gasteiger partial charge in [0.25, 0.3) is 0 Å². The van der Waals surface area contributed by atoms with Crippen molar-refractivity contribution in [2.24, 2.45) is 23.2 Å². The number of rotatable bonds is 10. The molecule has 0 N–H and O–H groups in total. The summed E-state index contributed by atoms with van der Waals surface area (Å²) >= 11 is 0. The summed E-state index contributed by atoms with van der Waals surface area (Å²) in [5.41, 5.74) is 0.460. The van der Waals surface area contributed by atoms with Crippen molar-refractivity contribution in [3.63, 3.8) is 0 Å². The molecule has 0 spiro atoms. The fourth-order valence-corrected chi connectivity index (χ4v) is 4.28. The first-order valence-electron chi connectivity index (χ1n) is 10.4. The molecule has 0 saturated heterocycles. The summed E-state index contributed by atoms with van der Waals surface area (Å²) in [5, 5.41) is 0. The molecule has 1 unspecified atom stereocenters. The van der Waals surface area contributed by atoms with Gasteiger partial charge in [-0.15, -0.1) is 0 Å². The molecule has 1 nitrogen and oxygen atoms in total. The Morgan fingerprint density at radius 2 is 1.52 bits per heavy atom. The van der Waals surface area contributed by atoms with Crippen molar-refractivity contribution < 1.29 is 4.79 Å². The molecule has 1 rings (SSSR count). The summed E-state index contributed by atoms with van der Waals surface area (Å²) < 4.78 is 0. The Kier molecular flexibility index (Phi) is 9.47. The summed E-state index contributed by atoms with van der Waals surface area (Å²) in [4.78, 5) is 12.2. The first-order valence-corrected chi connectivity index (χ1v) is 10.4. The molecule has 0 bridgehead atoms. The fourth-order valence-electron chi connectivity index (χ4n) is 4.28. The number of hydrogen-bond donors (Lipinski definition) is 0. The van der Waals surface area contributed by atoms with Crippen LogP contribution in [0.2, 0.25) is 0 Å². The van der Waals surface area contributed by atoms with Crippen LogP contribution in [0.4, 0.5) is 0 Å². The lowest BCUT2D eigenvalue weighted by atomic mass is 9.67. The number of Topliss-reactive ketones (excluding diaryl/α,β-unsaturated/α-hetero) is 1. The minimum atomic E-state index is 0.460. The third-order valence-corrected chi connectivity index (χ3v) is 6.16. The lowest BCUT2D eigenvalue weighted by Gasteiger charge is -2.38. The first-order chi connectivity index (χ1) is 10.8. The van der Waals surface area contributed by atoms with E-state index in [0.717, 1.165) is 31.1 Å². The van der Waals surface area contributed by atoms with E-state index in [1.165, 1.54) is 57.8 Å². The van der Waals surface area contributed by atoms with Gasteiger partial charge in [-0.2, -0.15) is 0 Å². The van der Waals surface area contributed by atoms with E-state index >= 15 is 0 Å². The number of unbranched alkanes of at least 4 members (excludes halogenated alkanes) is 5. The number of carbonyl (C=O) groups is 1. The molecule has 1 fully saturated rings. The molecular weight excluding hydrogens is 280 g/mol. The van der Waals surface area contributed by atoms with Gasteiger partial charge in [0.1, 0.15) is 5.78 Å². The van der Waals surface area contributed by atoms with Gasteiger partial charge in [-0.05, 0) is 55.3 Å². The minimum Gasteiger partial charge on any atom is -0.300 e. The highest BCUT2D eigenvalue weighted by atomic mass is 16.1. The molecule has 1 aliphatic carbocycles. The summed E-state index contributed by atoms with van der Waals surface area (Å²) in [7, 11) is 0. The van der Waals surface area contributed by atoms with E-state index in [-0.39, 0.29) is 0 Å². The highest BCUT2D eigenvalue weighted by molar-refractivity contribution is 5.78. The van der Waals surface area contributed by atoms with Crippen molar-refractivity contribution in [2.75, 3.05) is 0 Å². The van der Waals surface area contributed by atoms with Crippen LogP contribution in [-0.2, 0) is 4.79 Å². The van der Waals surface area contributed by atoms with Crippen molar-refractivity contribution in [3.05, 3.63) is 0 Å². The van der Waals surface area contributed by atoms with E-state index in [1.807, 2.05) is 0 Å². The highest BCUT2D eigenvalue weighted by Gasteiger charge is 2.31. The largest absolute Gasteiger partial charge is 0.300 e. The molecule has 136 valence electrons. The molecule has 0 radical (unpaired) electrons. The van der Waals surface area contributed by atoms with Crippen LogP contribution >= 0.6 is 0 Å². The maximum absolute atomic E-state index is 12.2. The number of ketones is 1. The van der Waals surface area contributed by atoms with E-state index in [0.29, 0.717) is 17.1 Å². The molecule has 0 aromatic rings. The standard InChI is InChI=1S/C22H42O/c1-6-7-8-9-10-11-12-21(23)17-18(2)19-13-15-20(16-14-19)22(3,4)5/h18-20H,6-17H2,1-5H3. The van der Waals surface area contributed by atoms with Gasteiger partial charge in [0, 0.05) is 12.8 Å². The van der Waals surface area contributed by atoms with Crippen molar-refractivity contribution in [2.45, 2.75) is 112 Å². The second-order valence-corrected chi connectivity index (χ2v) is 9.22. The zero-order valence-corrected chi connectivity index (χ0v) is 16.6. The van der Waals surface area contributed by atoms with Gasteiger partial charge in [0.05, 0.1) is 0 Å². The van der Waals surface area contributed by atoms with Crippen molar-refractivity contribution in [1.29, 1.82) is 0 Å². The summed E-state index contributed by atoms with van der Waals surface area (Å²) in [6.45, 7) is 11.7. The summed E-state index contributed by atoms with van der Waals surface area (Å²) in [6, 6.07) is 0. The van der Waals surface area contributed by atoms with Crippen LogP contribution in [0, 0.1) is 23.2 Å². The Bertz CT molecular complexity index is 317. The lowest BCUT2D eigenvalue weighted by Crippen LogP contribution is -2.28. The normalized spacial score (nSPS) is 23.7. The molecule has 0 aliphatic heterocycles. The van der Waals surface area contributed by atoms with Gasteiger partial charge in [-0.3, -0.25) is 4.79 Å². The number of carbonyl (C=O) groups excluding carboxylic acids is 1. The molecule has 0 amide bonds. The Morgan fingerprint density at radius 1 is 0.957 bits per heavy atom. The molecule has 1 aliphatic rings. The predicted molar refractivity (Wildman–Crippen MR) is 102 cm³/mol. The summed E-state index contributed by atoms with van der Waals surface area (Å²) in [5.74, 6) is 2.79. The van der Waals surface area contributed by atoms with Crippen molar-refractivity contribution in [1.82, 2.24) is 0 Å². The second-order valence-electron chi connectivity index (χ2n) is 9.22. The molecular formula is C22H42O. The molecule has 0 aromatic carbocycles. The maximum Gasteiger partial charge on any atom is 0.133 e. The zero-order chi connectivity index (χ0) is 17.3.